The topological polar surface area (TPSA) is 66.4 Å². The zero-order valence-corrected chi connectivity index (χ0v) is 10.9. The van der Waals surface area contributed by atoms with E-state index in [0.717, 1.165) is 11.3 Å². The molecule has 0 saturated heterocycles. The Morgan fingerprint density at radius 2 is 1.89 bits per heavy atom. The van der Waals surface area contributed by atoms with E-state index in [-0.39, 0.29) is 20.5 Å². The summed E-state index contributed by atoms with van der Waals surface area (Å²) in [7, 11) is 0. The first-order valence-corrected chi connectivity index (χ1v) is 6.27. The number of anilines is 1. The maximum Gasteiger partial charge on any atom is 0.345 e. The second kappa shape index (κ2) is 5.38. The minimum atomic E-state index is -1.12. The van der Waals surface area contributed by atoms with Crippen LogP contribution in [0.5, 0.6) is 0 Å². The summed E-state index contributed by atoms with van der Waals surface area (Å²) in [6.45, 7) is 0. The van der Waals surface area contributed by atoms with Crippen LogP contribution < -0.4 is 5.32 Å². The Hall–Kier alpha value is -1.92. The fourth-order valence-electron chi connectivity index (χ4n) is 1.37. The SMILES string of the molecule is O=C(O)c1ccc(C(=O)Nc2c(F)cccc2Cl)s1. The fourth-order valence-corrected chi connectivity index (χ4v) is 2.32. The van der Waals surface area contributed by atoms with Crippen molar-refractivity contribution in [1.82, 2.24) is 0 Å². The van der Waals surface area contributed by atoms with E-state index in [2.05, 4.69) is 5.32 Å². The molecule has 2 N–H and O–H groups in total. The van der Waals surface area contributed by atoms with Crippen LogP contribution in [0.1, 0.15) is 19.3 Å². The van der Waals surface area contributed by atoms with Crippen molar-refractivity contribution >= 4 is 40.5 Å². The summed E-state index contributed by atoms with van der Waals surface area (Å²) in [6, 6.07) is 6.69. The highest BCUT2D eigenvalue weighted by Crippen LogP contribution is 2.26. The van der Waals surface area contributed by atoms with Crippen molar-refractivity contribution < 1.29 is 19.1 Å². The monoisotopic (exact) mass is 299 g/mol. The third-order valence-electron chi connectivity index (χ3n) is 2.24. The van der Waals surface area contributed by atoms with Crippen molar-refractivity contribution in [3.63, 3.8) is 0 Å². The number of benzene rings is 1. The van der Waals surface area contributed by atoms with E-state index in [0.29, 0.717) is 0 Å². The Kier molecular flexibility index (Phi) is 3.82. The van der Waals surface area contributed by atoms with E-state index in [1.54, 1.807) is 0 Å². The predicted octanol–water partition coefficient (Wildman–Crippen LogP) is 3.49. The van der Waals surface area contributed by atoms with Crippen molar-refractivity contribution in [1.29, 1.82) is 0 Å². The number of hydrogen-bond acceptors (Lipinski definition) is 3. The summed E-state index contributed by atoms with van der Waals surface area (Å²) in [5.41, 5.74) is -0.126. The molecule has 2 rings (SSSR count). The number of para-hydroxylation sites is 1. The largest absolute Gasteiger partial charge is 0.477 e. The molecule has 0 fully saturated rings. The zero-order valence-electron chi connectivity index (χ0n) is 9.31. The maximum atomic E-state index is 13.5. The van der Waals surface area contributed by atoms with E-state index in [1.807, 2.05) is 0 Å². The number of amides is 1. The van der Waals surface area contributed by atoms with Gasteiger partial charge in [-0.25, -0.2) is 9.18 Å². The molecule has 1 heterocycles. The summed E-state index contributed by atoms with van der Waals surface area (Å²) in [4.78, 5) is 22.7. The van der Waals surface area contributed by atoms with Crippen LogP contribution in [-0.4, -0.2) is 17.0 Å². The molecule has 19 heavy (non-hydrogen) atoms. The Balaban J connectivity index is 2.23. The van der Waals surface area contributed by atoms with Crippen LogP contribution in [0.15, 0.2) is 30.3 Å². The molecular weight excluding hydrogens is 293 g/mol. The zero-order chi connectivity index (χ0) is 14.0. The Morgan fingerprint density at radius 3 is 2.47 bits per heavy atom. The number of carboxylic acids is 1. The van der Waals surface area contributed by atoms with Crippen molar-refractivity contribution in [2.75, 3.05) is 5.32 Å². The molecule has 0 saturated carbocycles. The number of carbonyl (C=O) groups excluding carboxylic acids is 1. The van der Waals surface area contributed by atoms with E-state index >= 15 is 0 Å². The van der Waals surface area contributed by atoms with Gasteiger partial charge in [-0.1, -0.05) is 17.7 Å². The first kappa shape index (κ1) is 13.5. The fraction of sp³-hybridized carbons (Fsp3) is 0. The van der Waals surface area contributed by atoms with Gasteiger partial charge < -0.3 is 10.4 Å². The number of carboxylic acid groups (broad SMARTS) is 1. The Morgan fingerprint density at radius 1 is 1.21 bits per heavy atom. The third-order valence-corrected chi connectivity index (χ3v) is 3.63. The quantitative estimate of drug-likeness (QED) is 0.911. The van der Waals surface area contributed by atoms with E-state index < -0.39 is 17.7 Å². The average molecular weight is 300 g/mol. The highest BCUT2D eigenvalue weighted by Gasteiger charge is 2.15. The number of carbonyl (C=O) groups is 2. The van der Waals surface area contributed by atoms with Crippen molar-refractivity contribution in [3.8, 4) is 0 Å². The summed E-state index contributed by atoms with van der Waals surface area (Å²) in [5.74, 6) is -2.38. The number of nitrogens with one attached hydrogen (secondary N) is 1. The molecule has 0 aliphatic rings. The molecule has 0 bridgehead atoms. The van der Waals surface area contributed by atoms with Crippen LogP contribution in [0.2, 0.25) is 5.02 Å². The van der Waals surface area contributed by atoms with Crippen molar-refractivity contribution in [2.45, 2.75) is 0 Å². The normalized spacial score (nSPS) is 10.2. The number of hydrogen-bond donors (Lipinski definition) is 2. The molecule has 0 unspecified atom stereocenters. The lowest BCUT2D eigenvalue weighted by Crippen LogP contribution is -2.11. The lowest BCUT2D eigenvalue weighted by molar-refractivity contribution is 0.0702. The Labute approximate surface area is 116 Å². The van der Waals surface area contributed by atoms with Crippen molar-refractivity contribution in [3.05, 3.63) is 50.9 Å². The smallest absolute Gasteiger partial charge is 0.345 e. The molecule has 0 aliphatic heterocycles. The minimum Gasteiger partial charge on any atom is -0.477 e. The van der Waals surface area contributed by atoms with Gasteiger partial charge in [0.2, 0.25) is 0 Å². The van der Waals surface area contributed by atoms with Crippen LogP contribution in [0.4, 0.5) is 10.1 Å². The number of thiophene rings is 1. The summed E-state index contributed by atoms with van der Waals surface area (Å²) in [5, 5.41) is 11.1. The molecule has 0 spiro atoms. The average Bonchev–Trinajstić information content (AvgIpc) is 2.83. The van der Waals surface area contributed by atoms with Gasteiger partial charge >= 0.3 is 5.97 Å². The number of halogens is 2. The van der Waals surface area contributed by atoms with Gasteiger partial charge in [-0.05, 0) is 24.3 Å². The minimum absolute atomic E-state index is 0.0322. The van der Waals surface area contributed by atoms with E-state index in [1.165, 1.54) is 30.3 Å². The standard InChI is InChI=1S/C12H7ClFNO3S/c13-6-2-1-3-7(14)10(6)15-11(16)8-4-5-9(19-8)12(17)18/h1-5H,(H,15,16)(H,17,18). The van der Waals surface area contributed by atoms with Gasteiger partial charge in [-0.3, -0.25) is 4.79 Å². The van der Waals surface area contributed by atoms with Gasteiger partial charge in [0.25, 0.3) is 5.91 Å². The Bertz CT molecular complexity index is 636. The van der Waals surface area contributed by atoms with Gasteiger partial charge in [0, 0.05) is 0 Å². The molecule has 1 aromatic heterocycles. The second-order valence-electron chi connectivity index (χ2n) is 3.52. The van der Waals surface area contributed by atoms with E-state index in [9.17, 15) is 14.0 Å². The highest BCUT2D eigenvalue weighted by atomic mass is 35.5. The molecule has 0 aliphatic carbocycles. The highest BCUT2D eigenvalue weighted by molar-refractivity contribution is 7.16. The van der Waals surface area contributed by atoms with Gasteiger partial charge in [-0.15, -0.1) is 11.3 Å². The molecule has 2 aromatic rings. The summed E-state index contributed by atoms with van der Waals surface area (Å²) in [6.07, 6.45) is 0. The van der Waals surface area contributed by atoms with Gasteiger partial charge in [0.1, 0.15) is 10.7 Å². The lowest BCUT2D eigenvalue weighted by atomic mass is 10.3. The molecule has 1 amide bonds. The van der Waals surface area contributed by atoms with Gasteiger partial charge in [0.15, 0.2) is 0 Å². The molecule has 0 radical (unpaired) electrons. The lowest BCUT2D eigenvalue weighted by Gasteiger charge is -2.06. The van der Waals surface area contributed by atoms with Gasteiger partial charge in [0.05, 0.1) is 15.6 Å². The van der Waals surface area contributed by atoms with E-state index in [4.69, 9.17) is 16.7 Å². The van der Waals surface area contributed by atoms with Gasteiger partial charge in [-0.2, -0.15) is 0 Å². The first-order chi connectivity index (χ1) is 8.99. The number of rotatable bonds is 3. The number of aromatic carboxylic acids is 1. The second-order valence-corrected chi connectivity index (χ2v) is 5.01. The molecular formula is C12H7ClFNO3S. The van der Waals surface area contributed by atoms with Crippen LogP contribution in [-0.2, 0) is 0 Å². The van der Waals surface area contributed by atoms with Crippen LogP contribution in [0.3, 0.4) is 0 Å². The molecule has 1 aromatic carbocycles. The maximum absolute atomic E-state index is 13.5. The van der Waals surface area contributed by atoms with Crippen molar-refractivity contribution in [2.24, 2.45) is 0 Å². The van der Waals surface area contributed by atoms with Crippen LogP contribution >= 0.6 is 22.9 Å². The molecule has 4 nitrogen and oxygen atoms in total. The predicted molar refractivity (Wildman–Crippen MR) is 70.6 cm³/mol. The summed E-state index contributed by atoms with van der Waals surface area (Å²) >= 11 is 6.57. The summed E-state index contributed by atoms with van der Waals surface area (Å²) < 4.78 is 13.5. The molecule has 98 valence electrons. The first-order valence-electron chi connectivity index (χ1n) is 5.07. The van der Waals surface area contributed by atoms with Crippen LogP contribution in [0.25, 0.3) is 0 Å². The molecule has 0 atom stereocenters. The van der Waals surface area contributed by atoms with Crippen LogP contribution in [0, 0.1) is 5.82 Å². The third kappa shape index (κ3) is 2.91. The molecule has 7 heteroatoms.